The second-order valence-corrected chi connectivity index (χ2v) is 8.03. The van der Waals surface area contributed by atoms with Gasteiger partial charge in [-0.1, -0.05) is 26.2 Å². The molecule has 3 atom stereocenters. The molecule has 2 rings (SSSR count). The van der Waals surface area contributed by atoms with Crippen molar-refractivity contribution in [1.82, 2.24) is 5.32 Å². The normalized spacial score (nSPS) is 30.8. The molecular weight excluding hydrogens is 270 g/mol. The Morgan fingerprint density at radius 1 is 1.35 bits per heavy atom. The standard InChI is InChI=1S/C16H31NO2S/c1-13-5-3-6-15(9-13)19-11-14(18)10-17-12-16(20-2)7-4-8-16/h13-15,17-18H,3-12H2,1-2H3. The van der Waals surface area contributed by atoms with Gasteiger partial charge in [0.1, 0.15) is 0 Å². The van der Waals surface area contributed by atoms with Crippen LogP contribution in [0.3, 0.4) is 0 Å². The van der Waals surface area contributed by atoms with Crippen molar-refractivity contribution in [3.8, 4) is 0 Å². The highest BCUT2D eigenvalue weighted by Gasteiger charge is 2.35. The van der Waals surface area contributed by atoms with Crippen molar-refractivity contribution in [3.63, 3.8) is 0 Å². The van der Waals surface area contributed by atoms with Gasteiger partial charge in [0.15, 0.2) is 0 Å². The molecule has 3 nitrogen and oxygen atoms in total. The Balaban J connectivity index is 1.55. The third-order valence-corrected chi connectivity index (χ3v) is 6.36. The van der Waals surface area contributed by atoms with Gasteiger partial charge in [-0.2, -0.15) is 11.8 Å². The van der Waals surface area contributed by atoms with Crippen molar-refractivity contribution in [2.24, 2.45) is 5.92 Å². The van der Waals surface area contributed by atoms with Crippen LogP contribution in [0.1, 0.15) is 51.9 Å². The largest absolute Gasteiger partial charge is 0.389 e. The van der Waals surface area contributed by atoms with Crippen molar-refractivity contribution in [2.75, 3.05) is 26.0 Å². The van der Waals surface area contributed by atoms with Gasteiger partial charge >= 0.3 is 0 Å². The molecule has 0 heterocycles. The lowest BCUT2D eigenvalue weighted by atomic mass is 9.84. The first-order chi connectivity index (χ1) is 9.63. The Kier molecular flexibility index (Phi) is 6.66. The number of aliphatic hydroxyl groups is 1. The Labute approximate surface area is 128 Å². The van der Waals surface area contributed by atoms with Gasteiger partial charge in [0.25, 0.3) is 0 Å². The van der Waals surface area contributed by atoms with Crippen LogP contribution in [0.5, 0.6) is 0 Å². The lowest BCUT2D eigenvalue weighted by Crippen LogP contribution is -2.45. The molecule has 20 heavy (non-hydrogen) atoms. The molecule has 3 unspecified atom stereocenters. The summed E-state index contributed by atoms with van der Waals surface area (Å²) in [5.41, 5.74) is 0. The quantitative estimate of drug-likeness (QED) is 0.723. The van der Waals surface area contributed by atoms with Crippen LogP contribution in [0.15, 0.2) is 0 Å². The topological polar surface area (TPSA) is 41.5 Å². The second-order valence-electron chi connectivity index (χ2n) is 6.75. The summed E-state index contributed by atoms with van der Waals surface area (Å²) in [7, 11) is 0. The summed E-state index contributed by atoms with van der Waals surface area (Å²) < 4.78 is 6.31. The van der Waals surface area contributed by atoms with Gasteiger partial charge in [0, 0.05) is 17.8 Å². The Bertz CT molecular complexity index is 278. The molecule has 0 amide bonds. The van der Waals surface area contributed by atoms with Crippen LogP contribution >= 0.6 is 11.8 Å². The van der Waals surface area contributed by atoms with E-state index in [-0.39, 0.29) is 6.10 Å². The minimum absolute atomic E-state index is 0.369. The summed E-state index contributed by atoms with van der Waals surface area (Å²) in [6.07, 6.45) is 11.1. The number of hydrogen-bond acceptors (Lipinski definition) is 4. The lowest BCUT2D eigenvalue weighted by molar-refractivity contribution is -0.0307. The summed E-state index contributed by atoms with van der Waals surface area (Å²) >= 11 is 1.97. The van der Waals surface area contributed by atoms with E-state index in [0.29, 0.717) is 24.0 Å². The number of ether oxygens (including phenoxy) is 1. The molecule has 2 aliphatic carbocycles. The molecule has 4 heteroatoms. The van der Waals surface area contributed by atoms with Gasteiger partial charge in [-0.25, -0.2) is 0 Å². The number of aliphatic hydroxyl groups excluding tert-OH is 1. The summed E-state index contributed by atoms with van der Waals surface area (Å²) in [5, 5.41) is 13.4. The van der Waals surface area contributed by atoms with Crippen LogP contribution in [0.2, 0.25) is 0 Å². The highest BCUT2D eigenvalue weighted by atomic mass is 32.2. The fourth-order valence-corrected chi connectivity index (χ4v) is 4.27. The molecule has 0 bridgehead atoms. The smallest absolute Gasteiger partial charge is 0.0897 e. The van der Waals surface area contributed by atoms with Gasteiger partial charge in [-0.15, -0.1) is 0 Å². The minimum Gasteiger partial charge on any atom is -0.389 e. The van der Waals surface area contributed by atoms with Gasteiger partial charge in [-0.3, -0.25) is 0 Å². The van der Waals surface area contributed by atoms with Gasteiger partial charge < -0.3 is 15.2 Å². The number of thioether (sulfide) groups is 1. The van der Waals surface area contributed by atoms with Gasteiger partial charge in [0.2, 0.25) is 0 Å². The molecule has 0 radical (unpaired) electrons. The van der Waals surface area contributed by atoms with Crippen molar-refractivity contribution in [2.45, 2.75) is 68.8 Å². The first kappa shape index (κ1) is 16.6. The zero-order chi connectivity index (χ0) is 14.4. The third kappa shape index (κ3) is 4.90. The van der Waals surface area contributed by atoms with E-state index in [1.807, 2.05) is 11.8 Å². The Morgan fingerprint density at radius 3 is 2.75 bits per heavy atom. The van der Waals surface area contributed by atoms with E-state index in [2.05, 4.69) is 18.5 Å². The summed E-state index contributed by atoms with van der Waals surface area (Å²) in [5.74, 6) is 0.782. The zero-order valence-corrected chi connectivity index (χ0v) is 13.9. The average molecular weight is 301 g/mol. The summed E-state index contributed by atoms with van der Waals surface area (Å²) in [4.78, 5) is 0. The lowest BCUT2D eigenvalue weighted by Gasteiger charge is -2.40. The van der Waals surface area contributed by atoms with Crippen LogP contribution in [0.25, 0.3) is 0 Å². The van der Waals surface area contributed by atoms with Crippen molar-refractivity contribution < 1.29 is 9.84 Å². The first-order valence-electron chi connectivity index (χ1n) is 8.19. The van der Waals surface area contributed by atoms with Crippen LogP contribution in [-0.4, -0.2) is 48.0 Å². The molecule has 2 N–H and O–H groups in total. The maximum atomic E-state index is 10.0. The predicted octanol–water partition coefficient (Wildman–Crippen LogP) is 2.82. The third-order valence-electron chi connectivity index (χ3n) is 4.94. The van der Waals surface area contributed by atoms with Crippen LogP contribution < -0.4 is 5.32 Å². The Hall–Kier alpha value is 0.230. The van der Waals surface area contributed by atoms with E-state index in [1.165, 1.54) is 38.5 Å². The fraction of sp³-hybridized carbons (Fsp3) is 1.00. The molecular formula is C16H31NO2S. The highest BCUT2D eigenvalue weighted by molar-refractivity contribution is 8.00. The predicted molar refractivity (Wildman–Crippen MR) is 86.3 cm³/mol. The number of nitrogens with one attached hydrogen (secondary N) is 1. The zero-order valence-electron chi connectivity index (χ0n) is 13.1. The highest BCUT2D eigenvalue weighted by Crippen LogP contribution is 2.42. The molecule has 2 saturated carbocycles. The van der Waals surface area contributed by atoms with E-state index in [0.717, 1.165) is 18.9 Å². The van der Waals surface area contributed by atoms with E-state index in [9.17, 15) is 5.11 Å². The molecule has 0 saturated heterocycles. The van der Waals surface area contributed by atoms with Crippen molar-refractivity contribution >= 4 is 11.8 Å². The monoisotopic (exact) mass is 301 g/mol. The average Bonchev–Trinajstić information content (AvgIpc) is 2.40. The SMILES string of the molecule is CSC1(CNCC(O)COC2CCCC(C)C2)CCC1. The van der Waals surface area contributed by atoms with E-state index in [4.69, 9.17) is 4.74 Å². The van der Waals surface area contributed by atoms with E-state index < -0.39 is 0 Å². The maximum Gasteiger partial charge on any atom is 0.0897 e. The van der Waals surface area contributed by atoms with Crippen LogP contribution in [0, 0.1) is 5.92 Å². The van der Waals surface area contributed by atoms with Crippen LogP contribution in [0.4, 0.5) is 0 Å². The molecule has 2 aliphatic rings. The number of hydrogen-bond donors (Lipinski definition) is 2. The summed E-state index contributed by atoms with van der Waals surface area (Å²) in [6, 6.07) is 0. The molecule has 0 aromatic rings. The van der Waals surface area contributed by atoms with Gasteiger partial charge in [-0.05, 0) is 37.9 Å². The van der Waals surface area contributed by atoms with E-state index >= 15 is 0 Å². The second kappa shape index (κ2) is 8.02. The molecule has 2 fully saturated rings. The maximum absolute atomic E-state index is 10.0. The van der Waals surface area contributed by atoms with E-state index in [1.54, 1.807) is 0 Å². The fourth-order valence-electron chi connectivity index (χ4n) is 3.33. The first-order valence-corrected chi connectivity index (χ1v) is 9.41. The molecule has 0 aliphatic heterocycles. The molecule has 0 spiro atoms. The molecule has 0 aromatic carbocycles. The van der Waals surface area contributed by atoms with Gasteiger partial charge in [0.05, 0.1) is 18.8 Å². The minimum atomic E-state index is -0.369. The molecule has 0 aromatic heterocycles. The van der Waals surface area contributed by atoms with Crippen molar-refractivity contribution in [3.05, 3.63) is 0 Å². The van der Waals surface area contributed by atoms with Crippen LogP contribution in [-0.2, 0) is 4.74 Å². The Morgan fingerprint density at radius 2 is 2.15 bits per heavy atom. The molecule has 118 valence electrons. The van der Waals surface area contributed by atoms with Crippen molar-refractivity contribution in [1.29, 1.82) is 0 Å². The number of rotatable bonds is 8. The summed E-state index contributed by atoms with van der Waals surface area (Å²) in [6.45, 7) is 4.46.